The largest absolute Gasteiger partial charge is 0.452 e. The zero-order valence-electron chi connectivity index (χ0n) is 17.9. The smallest absolute Gasteiger partial charge is 0.416 e. The minimum Gasteiger partial charge on any atom is -0.452 e. The third kappa shape index (κ3) is 6.35. The number of rotatable bonds is 7. The summed E-state index contributed by atoms with van der Waals surface area (Å²) in [5.41, 5.74) is 0.253. The van der Waals surface area contributed by atoms with Gasteiger partial charge in [-0.3, -0.25) is 9.59 Å². The molecular weight excluding hydrogens is 451 g/mol. The Morgan fingerprint density at radius 3 is 2.24 bits per heavy atom. The number of carbonyl (C=O) groups excluding carboxylic acids is 3. The fourth-order valence-corrected chi connectivity index (χ4v) is 3.00. The molecule has 0 heterocycles. The molecule has 0 spiro atoms. The van der Waals surface area contributed by atoms with Crippen LogP contribution in [0.25, 0.3) is 0 Å². The molecule has 3 N–H and O–H groups in total. The van der Waals surface area contributed by atoms with Crippen molar-refractivity contribution in [2.24, 2.45) is 0 Å². The SMILES string of the molecule is CNc1ccccc1C(=O)OCC(=O)Nc1cccc(C(=O)Nc2cccc(C(F)(F)F)c2)c1. The normalized spacial score (nSPS) is 10.8. The van der Waals surface area contributed by atoms with E-state index in [0.29, 0.717) is 5.69 Å². The van der Waals surface area contributed by atoms with Gasteiger partial charge in [-0.15, -0.1) is 0 Å². The lowest BCUT2D eigenvalue weighted by atomic mass is 10.1. The van der Waals surface area contributed by atoms with E-state index < -0.39 is 36.1 Å². The van der Waals surface area contributed by atoms with Gasteiger partial charge in [-0.05, 0) is 48.5 Å². The Bertz CT molecular complexity index is 1210. The lowest BCUT2D eigenvalue weighted by Crippen LogP contribution is -2.21. The molecule has 3 rings (SSSR count). The average molecular weight is 471 g/mol. The lowest BCUT2D eigenvalue weighted by Gasteiger charge is -2.11. The Balaban J connectivity index is 1.60. The molecule has 0 saturated carbocycles. The van der Waals surface area contributed by atoms with E-state index in [4.69, 9.17) is 4.74 Å². The van der Waals surface area contributed by atoms with E-state index in [9.17, 15) is 27.6 Å². The van der Waals surface area contributed by atoms with Gasteiger partial charge in [0, 0.05) is 29.7 Å². The highest BCUT2D eigenvalue weighted by Crippen LogP contribution is 2.30. The van der Waals surface area contributed by atoms with Crippen LogP contribution < -0.4 is 16.0 Å². The molecule has 0 aliphatic heterocycles. The predicted octanol–water partition coefficient (Wildman–Crippen LogP) is 4.79. The monoisotopic (exact) mass is 471 g/mol. The molecule has 7 nitrogen and oxygen atoms in total. The van der Waals surface area contributed by atoms with E-state index in [2.05, 4.69) is 16.0 Å². The van der Waals surface area contributed by atoms with E-state index in [1.165, 1.54) is 36.4 Å². The van der Waals surface area contributed by atoms with Gasteiger partial charge in [0.15, 0.2) is 6.61 Å². The Morgan fingerprint density at radius 2 is 1.53 bits per heavy atom. The van der Waals surface area contributed by atoms with Gasteiger partial charge in [0.25, 0.3) is 11.8 Å². The van der Waals surface area contributed by atoms with Crippen molar-refractivity contribution in [2.45, 2.75) is 6.18 Å². The van der Waals surface area contributed by atoms with Gasteiger partial charge in [0.1, 0.15) is 0 Å². The topological polar surface area (TPSA) is 96.5 Å². The number of nitrogens with one attached hydrogen (secondary N) is 3. The average Bonchev–Trinajstić information content (AvgIpc) is 2.82. The molecule has 0 unspecified atom stereocenters. The van der Waals surface area contributed by atoms with Crippen molar-refractivity contribution in [1.29, 1.82) is 0 Å². The summed E-state index contributed by atoms with van der Waals surface area (Å²) in [7, 11) is 1.65. The van der Waals surface area contributed by atoms with Crippen LogP contribution in [0.4, 0.5) is 30.2 Å². The third-order valence-electron chi connectivity index (χ3n) is 4.61. The summed E-state index contributed by atoms with van der Waals surface area (Å²) in [6.07, 6.45) is -4.54. The fraction of sp³-hybridized carbons (Fsp3) is 0.125. The number of carbonyl (C=O) groups is 3. The van der Waals surface area contributed by atoms with Crippen LogP contribution in [0.15, 0.2) is 72.8 Å². The van der Waals surface area contributed by atoms with Crippen LogP contribution in [0.5, 0.6) is 0 Å². The summed E-state index contributed by atoms with van der Waals surface area (Å²) in [6.45, 7) is -0.558. The van der Waals surface area contributed by atoms with Gasteiger partial charge < -0.3 is 20.7 Å². The van der Waals surface area contributed by atoms with E-state index in [-0.39, 0.29) is 22.5 Å². The minimum absolute atomic E-state index is 0.0250. The van der Waals surface area contributed by atoms with Gasteiger partial charge in [-0.1, -0.05) is 24.3 Å². The van der Waals surface area contributed by atoms with Crippen LogP contribution in [0, 0.1) is 0 Å². The van der Waals surface area contributed by atoms with Crippen molar-refractivity contribution >= 4 is 34.8 Å². The second kappa shape index (κ2) is 10.5. The Labute approximate surface area is 192 Å². The van der Waals surface area contributed by atoms with Crippen LogP contribution in [0.3, 0.4) is 0 Å². The molecule has 0 radical (unpaired) electrons. The molecule has 3 aromatic rings. The zero-order valence-corrected chi connectivity index (χ0v) is 17.9. The summed E-state index contributed by atoms with van der Waals surface area (Å²) in [5, 5.41) is 7.75. The quantitative estimate of drug-likeness (QED) is 0.431. The summed E-state index contributed by atoms with van der Waals surface area (Å²) in [4.78, 5) is 36.9. The van der Waals surface area contributed by atoms with Crippen LogP contribution >= 0.6 is 0 Å². The molecule has 176 valence electrons. The van der Waals surface area contributed by atoms with E-state index in [1.807, 2.05) is 0 Å². The summed E-state index contributed by atoms with van der Waals surface area (Å²) < 4.78 is 43.6. The molecule has 0 aliphatic rings. The van der Waals surface area contributed by atoms with Crippen molar-refractivity contribution in [3.05, 3.63) is 89.5 Å². The third-order valence-corrected chi connectivity index (χ3v) is 4.61. The highest BCUT2D eigenvalue weighted by molar-refractivity contribution is 6.05. The molecule has 0 bridgehead atoms. The van der Waals surface area contributed by atoms with E-state index in [1.54, 1.807) is 31.3 Å². The number of alkyl halides is 3. The first-order valence-corrected chi connectivity index (χ1v) is 10.00. The number of benzene rings is 3. The number of hydrogen-bond acceptors (Lipinski definition) is 5. The summed E-state index contributed by atoms with van der Waals surface area (Å²) in [6, 6.07) is 16.7. The number of halogens is 3. The van der Waals surface area contributed by atoms with Gasteiger partial charge >= 0.3 is 12.1 Å². The molecule has 0 aromatic heterocycles. The molecule has 0 aliphatic carbocycles. The van der Waals surface area contributed by atoms with E-state index >= 15 is 0 Å². The van der Waals surface area contributed by atoms with Crippen LogP contribution in [-0.2, 0) is 15.7 Å². The van der Waals surface area contributed by atoms with Crippen molar-refractivity contribution in [3.63, 3.8) is 0 Å². The molecule has 0 atom stereocenters. The number of ether oxygens (including phenoxy) is 1. The second-order valence-electron chi connectivity index (χ2n) is 7.03. The first-order valence-electron chi connectivity index (χ1n) is 10.00. The molecule has 34 heavy (non-hydrogen) atoms. The number of anilines is 3. The molecule has 0 fully saturated rings. The summed E-state index contributed by atoms with van der Waals surface area (Å²) >= 11 is 0. The zero-order chi connectivity index (χ0) is 24.7. The van der Waals surface area contributed by atoms with Gasteiger partial charge in [-0.25, -0.2) is 4.79 Å². The summed E-state index contributed by atoms with van der Waals surface area (Å²) in [5.74, 6) is -1.98. The maximum atomic E-state index is 12.9. The second-order valence-corrected chi connectivity index (χ2v) is 7.03. The lowest BCUT2D eigenvalue weighted by molar-refractivity contribution is -0.137. The molecule has 10 heteroatoms. The van der Waals surface area contributed by atoms with Gasteiger partial charge in [0.05, 0.1) is 11.1 Å². The Morgan fingerprint density at radius 1 is 0.853 bits per heavy atom. The number of esters is 1. The fourth-order valence-electron chi connectivity index (χ4n) is 3.00. The van der Waals surface area contributed by atoms with Crippen LogP contribution in [0.1, 0.15) is 26.3 Å². The number of hydrogen-bond donors (Lipinski definition) is 3. The number of para-hydroxylation sites is 1. The van der Waals surface area contributed by atoms with Crippen molar-refractivity contribution in [2.75, 3.05) is 29.6 Å². The van der Waals surface area contributed by atoms with Crippen LogP contribution in [-0.4, -0.2) is 31.4 Å². The minimum atomic E-state index is -4.54. The number of amides is 2. The van der Waals surface area contributed by atoms with Crippen molar-refractivity contribution in [1.82, 2.24) is 0 Å². The first kappa shape index (κ1) is 24.3. The Kier molecular flexibility index (Phi) is 7.52. The highest BCUT2D eigenvalue weighted by Gasteiger charge is 2.30. The molecule has 3 aromatic carbocycles. The standard InChI is InChI=1S/C24H20F3N3O4/c1-28-20-11-3-2-10-19(20)23(33)34-14-21(31)29-17-8-4-6-15(12-17)22(32)30-18-9-5-7-16(13-18)24(25,26)27/h2-13,28H,14H2,1H3,(H,29,31)(H,30,32). The van der Waals surface area contributed by atoms with Gasteiger partial charge in [-0.2, -0.15) is 13.2 Å². The van der Waals surface area contributed by atoms with E-state index in [0.717, 1.165) is 12.1 Å². The molecule has 0 saturated heterocycles. The highest BCUT2D eigenvalue weighted by atomic mass is 19.4. The van der Waals surface area contributed by atoms with Crippen molar-refractivity contribution < 1.29 is 32.3 Å². The molecular formula is C24H20F3N3O4. The Hall–Kier alpha value is -4.34. The van der Waals surface area contributed by atoms with Crippen molar-refractivity contribution in [3.8, 4) is 0 Å². The first-order chi connectivity index (χ1) is 16.2. The maximum absolute atomic E-state index is 12.9. The molecule has 2 amide bonds. The van der Waals surface area contributed by atoms with Gasteiger partial charge in [0.2, 0.25) is 0 Å². The predicted molar refractivity (Wildman–Crippen MR) is 121 cm³/mol. The maximum Gasteiger partial charge on any atom is 0.416 e. The van der Waals surface area contributed by atoms with Crippen LogP contribution in [0.2, 0.25) is 0 Å².